The lowest BCUT2D eigenvalue weighted by Gasteiger charge is -2.37. The smallest absolute Gasteiger partial charge is 0.417 e. The number of ether oxygens (including phenoxy) is 1. The van der Waals surface area contributed by atoms with E-state index in [1.54, 1.807) is 36.4 Å². The molecule has 0 radical (unpaired) electrons. The highest BCUT2D eigenvalue weighted by Crippen LogP contribution is 2.45. The second-order valence-electron chi connectivity index (χ2n) is 9.43. The maximum absolute atomic E-state index is 15.3. The molecule has 0 saturated carbocycles. The molecule has 0 fully saturated rings. The number of anilines is 1. The summed E-state index contributed by atoms with van der Waals surface area (Å²) in [7, 11) is 0. The Morgan fingerprint density at radius 1 is 0.900 bits per heavy atom. The van der Waals surface area contributed by atoms with Crippen molar-refractivity contribution in [1.29, 1.82) is 5.41 Å². The van der Waals surface area contributed by atoms with Gasteiger partial charge in [-0.05, 0) is 41.0 Å². The third-order valence-corrected chi connectivity index (χ3v) is 7.00. The molecule has 10 heteroatoms. The first-order valence-electron chi connectivity index (χ1n) is 12.1. The van der Waals surface area contributed by atoms with Crippen molar-refractivity contribution in [2.75, 3.05) is 5.73 Å². The van der Waals surface area contributed by atoms with Crippen LogP contribution in [0.2, 0.25) is 0 Å². The van der Waals surface area contributed by atoms with Crippen molar-refractivity contribution in [2.24, 2.45) is 4.99 Å². The van der Waals surface area contributed by atoms with Crippen LogP contribution >= 0.6 is 0 Å². The van der Waals surface area contributed by atoms with E-state index in [-0.39, 0.29) is 29.4 Å². The molecule has 5 nitrogen and oxygen atoms in total. The standard InChI is InChI=1S/C30H20F5N4O/c31-19-10-11-26(25(32)14-19)39(21-5-3-4-20(36)15-21)16-38-29-23(28(39)37)12-18-9-8-17(13-27(18)40-29)22-6-1-2-7-24(22)30(33,34)35/h1-11,13-16,37H,12,36H2/q+1. The van der Waals surface area contributed by atoms with Crippen LogP contribution in [-0.4, -0.2) is 12.2 Å². The summed E-state index contributed by atoms with van der Waals surface area (Å²) in [6.45, 7) is 0. The Balaban J connectivity index is 1.44. The van der Waals surface area contributed by atoms with Gasteiger partial charge in [0.25, 0.3) is 0 Å². The van der Waals surface area contributed by atoms with Gasteiger partial charge in [0, 0.05) is 36.4 Å². The van der Waals surface area contributed by atoms with Gasteiger partial charge in [0.15, 0.2) is 17.2 Å². The Labute approximate surface area is 225 Å². The predicted molar refractivity (Wildman–Crippen MR) is 143 cm³/mol. The molecule has 6 rings (SSSR count). The Hall–Kier alpha value is -4.83. The number of hydrogen-bond acceptors (Lipinski definition) is 4. The summed E-state index contributed by atoms with van der Waals surface area (Å²) in [5.41, 5.74) is 7.24. The van der Waals surface area contributed by atoms with Gasteiger partial charge >= 0.3 is 6.18 Å². The summed E-state index contributed by atoms with van der Waals surface area (Å²) in [5, 5.41) is 9.25. The van der Waals surface area contributed by atoms with Crippen LogP contribution in [-0.2, 0) is 12.6 Å². The molecule has 2 aliphatic rings. The molecule has 4 aromatic carbocycles. The number of quaternary nitrogens is 1. The van der Waals surface area contributed by atoms with Gasteiger partial charge in [-0.15, -0.1) is 0 Å². The van der Waals surface area contributed by atoms with E-state index >= 15 is 4.39 Å². The van der Waals surface area contributed by atoms with E-state index < -0.39 is 27.9 Å². The third-order valence-electron chi connectivity index (χ3n) is 7.00. The molecule has 0 aliphatic carbocycles. The zero-order valence-electron chi connectivity index (χ0n) is 20.6. The Kier molecular flexibility index (Phi) is 5.81. The van der Waals surface area contributed by atoms with Crippen LogP contribution in [0.15, 0.2) is 101 Å². The quantitative estimate of drug-likeness (QED) is 0.157. The second-order valence-corrected chi connectivity index (χ2v) is 9.43. The normalized spacial score (nSPS) is 18.3. The second kappa shape index (κ2) is 9.13. The summed E-state index contributed by atoms with van der Waals surface area (Å²) in [6.07, 6.45) is -3.09. The van der Waals surface area contributed by atoms with Crippen molar-refractivity contribution in [3.8, 4) is 16.9 Å². The highest BCUT2D eigenvalue weighted by Gasteiger charge is 2.47. The Morgan fingerprint density at radius 2 is 1.70 bits per heavy atom. The number of rotatable bonds is 3. The van der Waals surface area contributed by atoms with Crippen molar-refractivity contribution >= 4 is 29.2 Å². The molecule has 0 bridgehead atoms. The molecule has 3 N–H and O–H groups in total. The van der Waals surface area contributed by atoms with Crippen LogP contribution in [0.3, 0.4) is 0 Å². The molecule has 0 spiro atoms. The first-order valence-corrected chi connectivity index (χ1v) is 12.1. The lowest BCUT2D eigenvalue weighted by Crippen LogP contribution is -2.52. The summed E-state index contributed by atoms with van der Waals surface area (Å²) in [4.78, 5) is 4.44. The lowest BCUT2D eigenvalue weighted by molar-refractivity contribution is -0.137. The van der Waals surface area contributed by atoms with Gasteiger partial charge in [-0.3, -0.25) is 0 Å². The van der Waals surface area contributed by atoms with Gasteiger partial charge in [-0.1, -0.05) is 36.4 Å². The van der Waals surface area contributed by atoms with Gasteiger partial charge in [-0.25, -0.2) is 14.2 Å². The molecular formula is C30H20F5N4O+. The molecule has 1 atom stereocenters. The monoisotopic (exact) mass is 547 g/mol. The fourth-order valence-corrected chi connectivity index (χ4v) is 5.10. The average Bonchev–Trinajstić information content (AvgIpc) is 2.92. The Morgan fingerprint density at radius 3 is 2.45 bits per heavy atom. The number of benzene rings is 4. The number of alkyl halides is 3. The molecular weight excluding hydrogens is 527 g/mol. The minimum atomic E-state index is -4.54. The predicted octanol–water partition coefficient (Wildman–Crippen LogP) is 7.74. The minimum Gasteiger partial charge on any atom is -0.438 e. The lowest BCUT2D eigenvalue weighted by atomic mass is 9.93. The van der Waals surface area contributed by atoms with E-state index in [1.807, 2.05) is 0 Å². The first-order chi connectivity index (χ1) is 19.1. The zero-order chi connectivity index (χ0) is 28.2. The fourth-order valence-electron chi connectivity index (χ4n) is 5.10. The van der Waals surface area contributed by atoms with E-state index in [0.717, 1.165) is 18.2 Å². The SMILES string of the molecule is N=C1C2=C(N=C[N+]1(c1cccc(N)c1)c1ccc(F)cc1F)Oc1cc(-c3ccccc3C(F)(F)F)ccc1C2. The number of nitrogens with two attached hydrogens (primary N) is 1. The van der Waals surface area contributed by atoms with Crippen molar-refractivity contribution < 1.29 is 26.7 Å². The number of amidine groups is 1. The van der Waals surface area contributed by atoms with Crippen LogP contribution in [0.4, 0.5) is 39.0 Å². The number of nitrogens with one attached hydrogen (secondary N) is 1. The first kappa shape index (κ1) is 25.4. The molecule has 0 aromatic heterocycles. The summed E-state index contributed by atoms with van der Waals surface area (Å²) in [6, 6.07) is 19.6. The topological polar surface area (TPSA) is 71.5 Å². The number of hydrogen-bond donors (Lipinski definition) is 2. The Bertz CT molecular complexity index is 1760. The van der Waals surface area contributed by atoms with Gasteiger partial charge in [-0.2, -0.15) is 22.6 Å². The van der Waals surface area contributed by atoms with E-state index in [2.05, 4.69) is 4.99 Å². The van der Waals surface area contributed by atoms with Crippen molar-refractivity contribution in [3.63, 3.8) is 0 Å². The van der Waals surface area contributed by atoms with Crippen LogP contribution < -0.4 is 15.0 Å². The highest BCUT2D eigenvalue weighted by molar-refractivity contribution is 6.19. The van der Waals surface area contributed by atoms with Gasteiger partial charge < -0.3 is 10.5 Å². The minimum absolute atomic E-state index is 0.00481. The van der Waals surface area contributed by atoms with E-state index in [1.165, 1.54) is 36.7 Å². The van der Waals surface area contributed by atoms with Crippen LogP contribution in [0, 0.1) is 17.0 Å². The molecule has 200 valence electrons. The van der Waals surface area contributed by atoms with Gasteiger partial charge in [0.1, 0.15) is 17.1 Å². The number of nitrogens with zero attached hydrogens (tertiary/aromatic N) is 2. The fraction of sp³-hybridized carbons (Fsp3) is 0.0667. The van der Waals surface area contributed by atoms with Crippen molar-refractivity contribution in [1.82, 2.24) is 4.48 Å². The highest BCUT2D eigenvalue weighted by atomic mass is 19.4. The van der Waals surface area contributed by atoms with Crippen molar-refractivity contribution in [3.05, 3.63) is 119 Å². The molecule has 2 heterocycles. The number of aliphatic imine (C=N–C) groups is 1. The van der Waals surface area contributed by atoms with E-state index in [4.69, 9.17) is 10.5 Å². The summed E-state index contributed by atoms with van der Waals surface area (Å²) in [5.74, 6) is -1.38. The molecule has 0 saturated heterocycles. The molecule has 2 aliphatic heterocycles. The van der Waals surface area contributed by atoms with Crippen LogP contribution in [0.1, 0.15) is 11.1 Å². The molecule has 0 amide bonds. The largest absolute Gasteiger partial charge is 0.438 e. The molecule has 4 aromatic rings. The average molecular weight is 548 g/mol. The number of fused-ring (bicyclic) bond motifs is 1. The van der Waals surface area contributed by atoms with E-state index in [0.29, 0.717) is 33.8 Å². The maximum Gasteiger partial charge on any atom is 0.417 e. The number of nitrogen functional groups attached to an aromatic ring is 1. The maximum atomic E-state index is 15.3. The molecule has 40 heavy (non-hydrogen) atoms. The van der Waals surface area contributed by atoms with Crippen LogP contribution in [0.5, 0.6) is 5.75 Å². The zero-order valence-corrected chi connectivity index (χ0v) is 20.6. The van der Waals surface area contributed by atoms with E-state index in [9.17, 15) is 23.0 Å². The van der Waals surface area contributed by atoms with Gasteiger partial charge in [0.05, 0.1) is 5.56 Å². The summed E-state index contributed by atoms with van der Waals surface area (Å²) < 4.78 is 75.4. The van der Waals surface area contributed by atoms with Crippen molar-refractivity contribution in [2.45, 2.75) is 12.6 Å². The third kappa shape index (κ3) is 4.04. The van der Waals surface area contributed by atoms with Crippen LogP contribution in [0.25, 0.3) is 11.1 Å². The number of halogens is 5. The summed E-state index contributed by atoms with van der Waals surface area (Å²) >= 11 is 0. The van der Waals surface area contributed by atoms with Gasteiger partial charge in [0.2, 0.25) is 18.1 Å². The molecule has 1 unspecified atom stereocenters.